The van der Waals surface area contributed by atoms with Gasteiger partial charge in [0.15, 0.2) is 0 Å². The second-order valence-electron chi connectivity index (χ2n) is 8.62. The number of benzene rings is 3. The molecule has 202 valence electrons. The normalized spacial score (nSPS) is 12.9. The monoisotopic (exact) mass is 567 g/mol. The smallest absolute Gasteiger partial charge is 0.269 e. The van der Waals surface area contributed by atoms with E-state index in [2.05, 4.69) is 20.9 Å². The van der Waals surface area contributed by atoms with Crippen molar-refractivity contribution in [3.05, 3.63) is 103 Å². The van der Waals surface area contributed by atoms with E-state index >= 15 is 0 Å². The van der Waals surface area contributed by atoms with Gasteiger partial charge in [0.25, 0.3) is 5.91 Å². The Morgan fingerprint density at radius 3 is 2.15 bits per heavy atom. The van der Waals surface area contributed by atoms with Gasteiger partial charge in [0.2, 0.25) is 10.0 Å². The maximum Gasteiger partial charge on any atom is 0.269 e. The largest absolute Gasteiger partial charge is 0.457 e. The van der Waals surface area contributed by atoms with Crippen LogP contribution in [0.15, 0.2) is 101 Å². The number of nitrogens with zero attached hydrogens (tertiary/aromatic N) is 1. The fourth-order valence-corrected chi connectivity index (χ4v) is 5.39. The molecule has 1 heterocycles. The minimum absolute atomic E-state index is 0.0267. The SMILES string of the molecule is C=S(C)(=O)c1cccc(S(=O)(=O)NCCNC(=O)c2cccc(-c3ccc(Oc4ccc(F)cc4)cc3)n2)c1. The third kappa shape index (κ3) is 7.50. The quantitative estimate of drug-likeness (QED) is 0.220. The first kappa shape index (κ1) is 28.0. The lowest BCUT2D eigenvalue weighted by Gasteiger charge is -2.10. The number of hydrogen-bond donors (Lipinski definition) is 2. The van der Waals surface area contributed by atoms with Crippen molar-refractivity contribution < 1.29 is 26.5 Å². The molecule has 1 atom stereocenters. The average Bonchev–Trinajstić information content (AvgIpc) is 2.92. The summed E-state index contributed by atoms with van der Waals surface area (Å²) >= 11 is 0. The van der Waals surface area contributed by atoms with Crippen molar-refractivity contribution >= 4 is 31.3 Å². The van der Waals surface area contributed by atoms with Crippen LogP contribution in [0, 0.1) is 5.82 Å². The zero-order valence-electron chi connectivity index (χ0n) is 21.0. The molecule has 11 heteroatoms. The fraction of sp³-hybridized carbons (Fsp3) is 0.107. The number of sulfonamides is 1. The minimum atomic E-state index is -3.87. The molecule has 1 unspecified atom stereocenters. The molecule has 0 aliphatic rings. The van der Waals surface area contributed by atoms with Crippen LogP contribution in [-0.4, -0.2) is 48.7 Å². The number of aromatic nitrogens is 1. The van der Waals surface area contributed by atoms with Gasteiger partial charge in [0.1, 0.15) is 23.0 Å². The van der Waals surface area contributed by atoms with Crippen molar-refractivity contribution in [3.8, 4) is 22.8 Å². The standard InChI is InChI=1S/C28H26FN3O5S2/c1-38(2,34)24-5-3-6-25(19-24)39(35,36)31-18-17-30-28(33)27-8-4-7-26(32-27)20-9-13-22(14-10-20)37-23-15-11-21(29)12-16-23/h3-16,19,31H,1,17-18H2,2H3,(H,30,33). The second kappa shape index (κ2) is 11.8. The van der Waals surface area contributed by atoms with Crippen LogP contribution < -0.4 is 14.8 Å². The lowest BCUT2D eigenvalue weighted by atomic mass is 10.1. The van der Waals surface area contributed by atoms with E-state index in [1.807, 2.05) is 0 Å². The maximum absolute atomic E-state index is 13.1. The van der Waals surface area contributed by atoms with Crippen LogP contribution in [0.2, 0.25) is 0 Å². The third-order valence-electron chi connectivity index (χ3n) is 5.50. The van der Waals surface area contributed by atoms with Crippen molar-refractivity contribution in [1.82, 2.24) is 15.0 Å². The van der Waals surface area contributed by atoms with E-state index < -0.39 is 25.5 Å². The summed E-state index contributed by atoms with van der Waals surface area (Å²) in [6.45, 7) is -0.0294. The van der Waals surface area contributed by atoms with Gasteiger partial charge < -0.3 is 10.1 Å². The highest BCUT2D eigenvalue weighted by molar-refractivity contribution is 7.99. The first-order valence-electron chi connectivity index (χ1n) is 11.7. The van der Waals surface area contributed by atoms with E-state index in [1.165, 1.54) is 48.7 Å². The van der Waals surface area contributed by atoms with Crippen molar-refractivity contribution in [3.63, 3.8) is 0 Å². The summed E-state index contributed by atoms with van der Waals surface area (Å²) in [6.07, 6.45) is 1.43. The molecular weight excluding hydrogens is 541 g/mol. The topological polar surface area (TPSA) is 114 Å². The molecule has 0 aliphatic carbocycles. The Balaban J connectivity index is 1.33. The van der Waals surface area contributed by atoms with Crippen LogP contribution in [0.3, 0.4) is 0 Å². The molecule has 0 radical (unpaired) electrons. The highest BCUT2D eigenvalue weighted by atomic mass is 32.2. The third-order valence-corrected chi connectivity index (χ3v) is 8.21. The van der Waals surface area contributed by atoms with Gasteiger partial charge in [-0.1, -0.05) is 12.1 Å². The number of hydrogen-bond acceptors (Lipinski definition) is 6. The lowest BCUT2D eigenvalue weighted by Crippen LogP contribution is -2.35. The molecule has 0 saturated heterocycles. The molecule has 0 spiro atoms. The molecule has 1 aromatic heterocycles. The summed E-state index contributed by atoms with van der Waals surface area (Å²) in [5.41, 5.74) is 1.49. The molecule has 3 aromatic carbocycles. The molecule has 4 aromatic rings. The van der Waals surface area contributed by atoms with Gasteiger partial charge >= 0.3 is 0 Å². The molecule has 0 aliphatic heterocycles. The highest BCUT2D eigenvalue weighted by Gasteiger charge is 2.16. The zero-order chi connectivity index (χ0) is 28.0. The second-order valence-corrected chi connectivity index (χ2v) is 12.9. The molecule has 4 rings (SSSR count). The van der Waals surface area contributed by atoms with Gasteiger partial charge in [-0.2, -0.15) is 0 Å². The van der Waals surface area contributed by atoms with Crippen LogP contribution in [0.1, 0.15) is 10.5 Å². The van der Waals surface area contributed by atoms with Crippen LogP contribution in [0.25, 0.3) is 11.3 Å². The Hall–Kier alpha value is -4.06. The number of rotatable bonds is 10. The molecule has 8 nitrogen and oxygen atoms in total. The Bertz CT molecular complexity index is 1690. The van der Waals surface area contributed by atoms with E-state index in [0.717, 1.165) is 5.56 Å². The predicted molar refractivity (Wildman–Crippen MR) is 150 cm³/mol. The van der Waals surface area contributed by atoms with Crippen molar-refractivity contribution in [2.75, 3.05) is 19.3 Å². The van der Waals surface area contributed by atoms with Gasteiger partial charge in [-0.25, -0.2) is 22.5 Å². The number of amides is 1. The molecule has 1 amide bonds. The van der Waals surface area contributed by atoms with Gasteiger partial charge in [-0.15, -0.1) is 0 Å². The zero-order valence-corrected chi connectivity index (χ0v) is 22.6. The van der Waals surface area contributed by atoms with E-state index in [-0.39, 0.29) is 29.5 Å². The predicted octanol–water partition coefficient (Wildman–Crippen LogP) is 4.09. The van der Waals surface area contributed by atoms with E-state index in [0.29, 0.717) is 22.1 Å². The molecule has 0 fully saturated rings. The van der Waals surface area contributed by atoms with Crippen LogP contribution in [0.4, 0.5) is 4.39 Å². The molecule has 0 saturated carbocycles. The van der Waals surface area contributed by atoms with Crippen molar-refractivity contribution in [2.45, 2.75) is 9.79 Å². The summed E-state index contributed by atoms with van der Waals surface area (Å²) in [5, 5.41) is 2.65. The number of carbonyl (C=O) groups is 1. The minimum Gasteiger partial charge on any atom is -0.457 e. The Morgan fingerprint density at radius 1 is 0.872 bits per heavy atom. The molecule has 0 bridgehead atoms. The molecule has 2 N–H and O–H groups in total. The fourth-order valence-electron chi connectivity index (χ4n) is 3.50. The van der Waals surface area contributed by atoms with Gasteiger partial charge in [-0.05, 0) is 94.3 Å². The molecular formula is C28H26FN3O5S2. The summed E-state index contributed by atoms with van der Waals surface area (Å²) < 4.78 is 58.5. The number of ether oxygens (including phenoxy) is 1. The van der Waals surface area contributed by atoms with Crippen molar-refractivity contribution in [2.24, 2.45) is 0 Å². The molecule has 39 heavy (non-hydrogen) atoms. The van der Waals surface area contributed by atoms with E-state index in [1.54, 1.807) is 48.5 Å². The summed E-state index contributed by atoms with van der Waals surface area (Å²) in [5.74, 6) is 3.83. The first-order valence-corrected chi connectivity index (χ1v) is 15.3. The average molecular weight is 568 g/mol. The number of halogens is 1. The Morgan fingerprint density at radius 2 is 1.49 bits per heavy atom. The maximum atomic E-state index is 13.1. The number of pyridine rings is 1. The van der Waals surface area contributed by atoms with Crippen LogP contribution in [0.5, 0.6) is 11.5 Å². The lowest BCUT2D eigenvalue weighted by molar-refractivity contribution is 0.0949. The van der Waals surface area contributed by atoms with Gasteiger partial charge in [0.05, 0.1) is 10.6 Å². The number of carbonyl (C=O) groups excluding carboxylic acids is 1. The summed E-state index contributed by atoms with van der Waals surface area (Å²) in [7, 11) is -6.44. The van der Waals surface area contributed by atoms with E-state index in [9.17, 15) is 21.8 Å². The summed E-state index contributed by atoms with van der Waals surface area (Å²) in [6, 6.07) is 23.6. The summed E-state index contributed by atoms with van der Waals surface area (Å²) in [4.78, 5) is 17.3. The highest BCUT2D eigenvalue weighted by Crippen LogP contribution is 2.25. The van der Waals surface area contributed by atoms with Gasteiger partial charge in [0, 0.05) is 29.8 Å². The Kier molecular flexibility index (Phi) is 8.44. The number of nitrogens with one attached hydrogen (secondary N) is 2. The first-order chi connectivity index (χ1) is 18.5. The van der Waals surface area contributed by atoms with E-state index in [4.69, 9.17) is 4.74 Å². The van der Waals surface area contributed by atoms with Crippen LogP contribution >= 0.6 is 0 Å². The van der Waals surface area contributed by atoms with Gasteiger partial charge in [-0.3, -0.25) is 9.00 Å². The van der Waals surface area contributed by atoms with Crippen LogP contribution in [-0.2, 0) is 19.5 Å². The Labute approximate surface area is 226 Å². The van der Waals surface area contributed by atoms with Crippen molar-refractivity contribution in [1.29, 1.82) is 0 Å².